The molecule has 232 valence electrons. The summed E-state index contributed by atoms with van der Waals surface area (Å²) >= 11 is -0.826. The molecule has 0 aliphatic heterocycles. The van der Waals surface area contributed by atoms with Gasteiger partial charge in [0.15, 0.2) is 0 Å². The molecule has 4 radical (unpaired) electrons. The zero-order valence-corrected chi connectivity index (χ0v) is 32.1. The second-order valence-electron chi connectivity index (χ2n) is 13.4. The van der Waals surface area contributed by atoms with Crippen LogP contribution in [0.25, 0.3) is 43.8 Å². The van der Waals surface area contributed by atoms with Gasteiger partial charge in [-0.25, -0.2) is 0 Å². The molecule has 0 aliphatic carbocycles. The second kappa shape index (κ2) is 16.6. The Balaban J connectivity index is 0.000000277. The van der Waals surface area contributed by atoms with Crippen LogP contribution >= 0.6 is 17.0 Å². The Morgan fingerprint density at radius 1 is 0.533 bits per heavy atom. The van der Waals surface area contributed by atoms with Crippen molar-refractivity contribution in [3.63, 3.8) is 0 Å². The molecule has 0 saturated heterocycles. The standard InChI is InChI=1S/2C20H21.CH4.2ClH.Si.Zr/c2*1-14-12-16-6-5-7-18(19(16)13-14)15-8-10-17(11-9-15)20(2,3)4;;;;;/h2*5-13H,1-4H3;1H4;2*1H;;/q2*-1;;;;;+4/p-2. The minimum atomic E-state index is -0.826. The third kappa shape index (κ3) is 9.89. The van der Waals surface area contributed by atoms with Crippen molar-refractivity contribution in [1.82, 2.24) is 0 Å². The van der Waals surface area contributed by atoms with Gasteiger partial charge in [0.2, 0.25) is 0 Å². The van der Waals surface area contributed by atoms with Gasteiger partial charge >= 0.3 is 37.9 Å². The third-order valence-corrected chi connectivity index (χ3v) is 7.91. The van der Waals surface area contributed by atoms with Crippen LogP contribution in [0, 0.1) is 13.8 Å². The summed E-state index contributed by atoms with van der Waals surface area (Å²) in [5.74, 6) is 0. The maximum absolute atomic E-state index is 4.93. The van der Waals surface area contributed by atoms with Crippen molar-refractivity contribution in [3.05, 3.63) is 131 Å². The fourth-order valence-electron chi connectivity index (χ4n) is 5.57. The quantitative estimate of drug-likeness (QED) is 0.123. The Morgan fingerprint density at radius 3 is 1.13 bits per heavy atom. The topological polar surface area (TPSA) is 0 Å². The Morgan fingerprint density at radius 2 is 0.844 bits per heavy atom. The van der Waals surface area contributed by atoms with Gasteiger partial charge in [0.25, 0.3) is 0 Å². The molecule has 0 bridgehead atoms. The number of benzene rings is 4. The summed E-state index contributed by atoms with van der Waals surface area (Å²) < 4.78 is 0. The normalized spacial score (nSPS) is 10.9. The Kier molecular flexibility index (Phi) is 14.3. The number of hydrogen-bond acceptors (Lipinski definition) is 0. The van der Waals surface area contributed by atoms with Crippen LogP contribution in [-0.2, 0) is 31.7 Å². The van der Waals surface area contributed by atoms with Crippen LogP contribution in [-0.4, -0.2) is 11.0 Å². The molecule has 0 fully saturated rings. The van der Waals surface area contributed by atoms with E-state index in [1.807, 2.05) is 0 Å². The van der Waals surface area contributed by atoms with Crippen molar-refractivity contribution < 1.29 is 20.8 Å². The average molecular weight is 729 g/mol. The van der Waals surface area contributed by atoms with Gasteiger partial charge in [-0.2, -0.15) is 12.1 Å². The Bertz CT molecular complexity index is 1640. The summed E-state index contributed by atoms with van der Waals surface area (Å²) in [4.78, 5) is 0. The summed E-state index contributed by atoms with van der Waals surface area (Å²) in [6, 6.07) is 40.2. The van der Waals surface area contributed by atoms with Crippen molar-refractivity contribution in [1.29, 1.82) is 0 Å². The van der Waals surface area contributed by atoms with Crippen molar-refractivity contribution in [2.75, 3.05) is 0 Å². The van der Waals surface area contributed by atoms with E-state index in [2.05, 4.69) is 165 Å². The molecule has 0 saturated carbocycles. The van der Waals surface area contributed by atoms with Gasteiger partial charge in [-0.3, -0.25) is 0 Å². The SMILES string of the molecule is C.Cc1cc2c(-c3ccc(C(C)(C)C)cc3)cccc2[cH-]1.Cc1cc2c(-c3ccc(C(C)(C)C)cc3)cccc2[cH-]1.[Cl][Zr+2][Cl].[Si]. The molecule has 0 unspecified atom stereocenters. The molecule has 0 heterocycles. The summed E-state index contributed by atoms with van der Waals surface area (Å²) in [5, 5.41) is 5.38. The number of aryl methyl sites for hydroxylation is 2. The first-order valence-corrected chi connectivity index (χ1v) is 21.1. The van der Waals surface area contributed by atoms with E-state index in [-0.39, 0.29) is 29.2 Å². The molecule has 0 atom stereocenters. The average Bonchev–Trinajstić information content (AvgIpc) is 3.53. The maximum atomic E-state index is 4.93. The molecule has 0 spiro atoms. The van der Waals surface area contributed by atoms with E-state index in [4.69, 9.17) is 17.0 Å². The van der Waals surface area contributed by atoms with Gasteiger partial charge in [0.1, 0.15) is 0 Å². The molecule has 0 aliphatic rings. The zero-order valence-electron chi connectivity index (χ0n) is 27.1. The van der Waals surface area contributed by atoms with Crippen LogP contribution in [0.1, 0.15) is 71.2 Å². The molecule has 0 amide bonds. The smallest absolute Gasteiger partial charge is 0 e. The predicted molar refractivity (Wildman–Crippen MR) is 201 cm³/mol. The largest absolute Gasteiger partial charge is 0 e. The number of rotatable bonds is 2. The van der Waals surface area contributed by atoms with E-state index < -0.39 is 20.8 Å². The van der Waals surface area contributed by atoms with E-state index in [0.717, 1.165) is 0 Å². The van der Waals surface area contributed by atoms with Gasteiger partial charge in [-0.05, 0) is 33.1 Å². The molecule has 0 nitrogen and oxygen atoms in total. The number of halogens is 2. The first-order chi connectivity index (χ1) is 20.3. The Hall–Kier alpha value is -2.22. The van der Waals surface area contributed by atoms with Crippen molar-refractivity contribution in [2.24, 2.45) is 0 Å². The monoisotopic (exact) mass is 726 g/mol. The zero-order chi connectivity index (χ0) is 31.4. The van der Waals surface area contributed by atoms with E-state index >= 15 is 0 Å². The summed E-state index contributed by atoms with van der Waals surface area (Å²) in [5.41, 5.74) is 11.1. The van der Waals surface area contributed by atoms with Gasteiger partial charge in [-0.15, -0.1) is 69.1 Å². The van der Waals surface area contributed by atoms with Gasteiger partial charge < -0.3 is 0 Å². The molecule has 6 aromatic rings. The summed E-state index contributed by atoms with van der Waals surface area (Å²) in [6.45, 7) is 17.8. The molecular formula is C41H46Cl2SiZr. The van der Waals surface area contributed by atoms with Crippen molar-refractivity contribution >= 4 is 49.5 Å². The van der Waals surface area contributed by atoms with Crippen LogP contribution in [0.2, 0.25) is 0 Å². The van der Waals surface area contributed by atoms with Crippen LogP contribution in [0.3, 0.4) is 0 Å². The van der Waals surface area contributed by atoms with E-state index in [1.165, 1.54) is 66.1 Å². The van der Waals surface area contributed by atoms with Crippen LogP contribution in [0.4, 0.5) is 0 Å². The molecule has 6 rings (SSSR count). The van der Waals surface area contributed by atoms with E-state index in [1.54, 1.807) is 0 Å². The van der Waals surface area contributed by atoms with Crippen LogP contribution in [0.5, 0.6) is 0 Å². The van der Waals surface area contributed by atoms with Crippen molar-refractivity contribution in [2.45, 2.75) is 73.6 Å². The van der Waals surface area contributed by atoms with E-state index in [9.17, 15) is 0 Å². The fraction of sp³-hybridized carbons (Fsp3) is 0.268. The maximum Gasteiger partial charge on any atom is 0 e. The van der Waals surface area contributed by atoms with Crippen LogP contribution in [0.15, 0.2) is 109 Å². The predicted octanol–water partition coefficient (Wildman–Crippen LogP) is 13.3. The van der Waals surface area contributed by atoms with Gasteiger partial charge in [-0.1, -0.05) is 135 Å². The molecule has 0 N–H and O–H groups in total. The fourth-order valence-corrected chi connectivity index (χ4v) is 5.57. The third-order valence-electron chi connectivity index (χ3n) is 7.91. The first kappa shape index (κ1) is 39.0. The van der Waals surface area contributed by atoms with Gasteiger partial charge in [0.05, 0.1) is 0 Å². The molecule has 0 aromatic heterocycles. The molecule has 6 aromatic carbocycles. The van der Waals surface area contributed by atoms with Crippen LogP contribution < -0.4 is 0 Å². The Labute approximate surface area is 295 Å². The molecular weight excluding hydrogens is 683 g/mol. The molecule has 4 heteroatoms. The minimum absolute atomic E-state index is 0. The minimum Gasteiger partial charge on any atom is 0 e. The number of fused-ring (bicyclic) bond motifs is 2. The van der Waals surface area contributed by atoms with Crippen molar-refractivity contribution in [3.8, 4) is 22.3 Å². The summed E-state index contributed by atoms with van der Waals surface area (Å²) in [7, 11) is 9.87. The van der Waals surface area contributed by atoms with E-state index in [0.29, 0.717) is 0 Å². The molecule has 45 heavy (non-hydrogen) atoms. The first-order valence-electron chi connectivity index (χ1n) is 14.8. The number of hydrogen-bond donors (Lipinski definition) is 0. The van der Waals surface area contributed by atoms with Gasteiger partial charge in [0, 0.05) is 11.0 Å². The second-order valence-corrected chi connectivity index (χ2v) is 17.1. The summed E-state index contributed by atoms with van der Waals surface area (Å²) in [6.07, 6.45) is 0.